The summed E-state index contributed by atoms with van der Waals surface area (Å²) in [6.07, 6.45) is 2.96. The number of esters is 1. The van der Waals surface area contributed by atoms with E-state index in [1.807, 2.05) is 6.07 Å². The fourth-order valence-electron chi connectivity index (χ4n) is 3.74. The number of benzene rings is 1. The Labute approximate surface area is 160 Å². The third-order valence-corrected chi connectivity index (χ3v) is 5.12. The van der Waals surface area contributed by atoms with E-state index in [1.54, 1.807) is 29.2 Å². The Hall–Kier alpha value is -3.80. The number of rotatable bonds is 3. The number of carbonyl (C=O) groups is 3. The van der Waals surface area contributed by atoms with Gasteiger partial charge in [0, 0.05) is 18.4 Å². The zero-order chi connectivity index (χ0) is 20.0. The fourth-order valence-corrected chi connectivity index (χ4v) is 3.74. The summed E-state index contributed by atoms with van der Waals surface area (Å²) in [4.78, 5) is 40.0. The van der Waals surface area contributed by atoms with Gasteiger partial charge in [0.05, 0.1) is 24.0 Å². The fraction of sp³-hybridized carbons (Fsp3) is 0.263. The van der Waals surface area contributed by atoms with E-state index in [0.717, 1.165) is 6.42 Å². The van der Waals surface area contributed by atoms with Crippen LogP contribution < -0.4 is 10.6 Å². The van der Waals surface area contributed by atoms with E-state index in [4.69, 9.17) is 10.5 Å². The van der Waals surface area contributed by atoms with Crippen LogP contribution >= 0.6 is 0 Å². The van der Waals surface area contributed by atoms with E-state index in [0.29, 0.717) is 24.3 Å². The van der Waals surface area contributed by atoms with Gasteiger partial charge < -0.3 is 19.9 Å². The molecule has 2 aromatic rings. The lowest BCUT2D eigenvalue weighted by Crippen LogP contribution is -2.33. The number of nitriles is 1. The average Bonchev–Trinajstić information content (AvgIpc) is 3.37. The second-order valence-electron chi connectivity index (χ2n) is 6.60. The number of amides is 3. The molecule has 4 rings (SSSR count). The third-order valence-electron chi connectivity index (χ3n) is 5.12. The molecule has 1 aromatic heterocycles. The minimum Gasteiger partial charge on any atom is -0.464 e. The van der Waals surface area contributed by atoms with Crippen LogP contribution in [0.4, 0.5) is 16.2 Å². The van der Waals surface area contributed by atoms with Crippen molar-refractivity contribution in [2.45, 2.75) is 18.9 Å². The first-order valence-electron chi connectivity index (χ1n) is 8.72. The van der Waals surface area contributed by atoms with Gasteiger partial charge in [0.25, 0.3) is 5.91 Å². The minimum atomic E-state index is -0.673. The lowest BCUT2D eigenvalue weighted by molar-refractivity contribution is -0.119. The molecule has 28 heavy (non-hydrogen) atoms. The van der Waals surface area contributed by atoms with Crippen molar-refractivity contribution in [2.24, 2.45) is 0 Å². The Morgan fingerprint density at radius 3 is 2.54 bits per heavy atom. The van der Waals surface area contributed by atoms with Gasteiger partial charge in [0.2, 0.25) is 0 Å². The molecule has 142 valence electrons. The summed E-state index contributed by atoms with van der Waals surface area (Å²) in [7, 11) is 1.23. The van der Waals surface area contributed by atoms with Gasteiger partial charge in [0.1, 0.15) is 12.1 Å². The molecular formula is C19H17N5O4. The predicted molar refractivity (Wildman–Crippen MR) is 98.8 cm³/mol. The molecular weight excluding hydrogens is 362 g/mol. The van der Waals surface area contributed by atoms with Gasteiger partial charge >= 0.3 is 12.0 Å². The van der Waals surface area contributed by atoms with Crippen LogP contribution in [0.25, 0.3) is 5.69 Å². The molecule has 0 radical (unpaired) electrons. The number of nitrogens with zero attached hydrogens (tertiary/aromatic N) is 4. The number of fused-ring (bicyclic) bond motifs is 1. The van der Waals surface area contributed by atoms with Gasteiger partial charge in [-0.15, -0.1) is 0 Å². The van der Waals surface area contributed by atoms with Crippen LogP contribution in [0, 0.1) is 11.3 Å². The lowest BCUT2D eigenvalue weighted by atomic mass is 10.2. The first-order valence-corrected chi connectivity index (χ1v) is 8.72. The molecule has 3 heterocycles. The zero-order valence-corrected chi connectivity index (χ0v) is 15.1. The highest BCUT2D eigenvalue weighted by Gasteiger charge is 2.47. The van der Waals surface area contributed by atoms with Crippen LogP contribution in [0.2, 0.25) is 0 Å². The molecule has 2 saturated heterocycles. The molecule has 0 bridgehead atoms. The van der Waals surface area contributed by atoms with Crippen LogP contribution in [0.3, 0.4) is 0 Å². The lowest BCUT2D eigenvalue weighted by Gasteiger charge is -2.16. The highest BCUT2D eigenvalue weighted by molar-refractivity contribution is 6.21. The molecule has 2 aliphatic heterocycles. The number of hydrogen-bond donors (Lipinski definition) is 1. The van der Waals surface area contributed by atoms with Gasteiger partial charge in [-0.1, -0.05) is 0 Å². The van der Waals surface area contributed by atoms with E-state index in [9.17, 15) is 19.6 Å². The molecule has 2 N–H and O–H groups in total. The molecule has 2 aliphatic rings. The molecule has 0 aliphatic carbocycles. The number of ether oxygens (including phenoxy) is 1. The maximum absolute atomic E-state index is 12.6. The first-order chi connectivity index (χ1) is 13.5. The van der Waals surface area contributed by atoms with Crippen LogP contribution in [-0.4, -0.2) is 47.1 Å². The van der Waals surface area contributed by atoms with Crippen molar-refractivity contribution in [3.05, 3.63) is 41.7 Å². The maximum atomic E-state index is 12.6. The van der Waals surface area contributed by atoms with Crippen molar-refractivity contribution in [3.63, 3.8) is 0 Å². The third kappa shape index (κ3) is 2.42. The number of urea groups is 1. The monoisotopic (exact) mass is 379 g/mol. The number of imide groups is 1. The second kappa shape index (κ2) is 6.42. The Morgan fingerprint density at radius 2 is 1.93 bits per heavy atom. The average molecular weight is 379 g/mol. The highest BCUT2D eigenvalue weighted by atomic mass is 16.5. The highest BCUT2D eigenvalue weighted by Crippen LogP contribution is 2.32. The van der Waals surface area contributed by atoms with Crippen molar-refractivity contribution in [3.8, 4) is 11.8 Å². The largest absolute Gasteiger partial charge is 0.464 e. The smallest absolute Gasteiger partial charge is 0.357 e. The number of nitrogen functional groups attached to an aromatic ring is 1. The van der Waals surface area contributed by atoms with E-state index in [1.165, 1.54) is 22.8 Å². The van der Waals surface area contributed by atoms with Crippen LogP contribution in [-0.2, 0) is 9.53 Å². The normalized spacial score (nSPS) is 18.4. The summed E-state index contributed by atoms with van der Waals surface area (Å²) in [5.41, 5.74) is 7.11. The number of anilines is 2. The maximum Gasteiger partial charge on any atom is 0.357 e. The Bertz CT molecular complexity index is 1010. The van der Waals surface area contributed by atoms with Crippen LogP contribution in [0.5, 0.6) is 0 Å². The topological polar surface area (TPSA) is 122 Å². The number of carbonyl (C=O) groups excluding carboxylic acids is 3. The summed E-state index contributed by atoms with van der Waals surface area (Å²) in [5, 5.41) is 9.20. The first kappa shape index (κ1) is 17.6. The van der Waals surface area contributed by atoms with Crippen LogP contribution in [0.15, 0.2) is 30.5 Å². The molecule has 3 amide bonds. The summed E-state index contributed by atoms with van der Waals surface area (Å²) in [6.45, 7) is 0.589. The number of methoxy groups -OCH3 is 1. The van der Waals surface area contributed by atoms with Gasteiger partial charge in [-0.05, 0) is 37.1 Å². The van der Waals surface area contributed by atoms with Crippen molar-refractivity contribution < 1.29 is 19.1 Å². The summed E-state index contributed by atoms with van der Waals surface area (Å²) in [6, 6.07) is 7.79. The van der Waals surface area contributed by atoms with Gasteiger partial charge in [-0.3, -0.25) is 4.79 Å². The number of nitrogens with two attached hydrogens (primary N) is 1. The summed E-state index contributed by atoms with van der Waals surface area (Å²) < 4.78 is 6.21. The summed E-state index contributed by atoms with van der Waals surface area (Å²) >= 11 is 0. The van der Waals surface area contributed by atoms with Crippen molar-refractivity contribution in [1.82, 2.24) is 9.47 Å². The molecule has 0 spiro atoms. The standard InChI is InChI=1S/C19H17N5O4/c1-28-18(26)16-15(21)11(9-20)10-23(16)12-4-6-13(7-5-12)24-17(25)14-3-2-8-22(14)19(24)27/h4-7,10,14H,2-3,8,21H2,1H3. The van der Waals surface area contributed by atoms with E-state index >= 15 is 0 Å². The molecule has 0 saturated carbocycles. The SMILES string of the molecule is COC(=O)c1c(N)c(C#N)cn1-c1ccc(N2C(=O)C3CCCN3C2=O)cc1. The van der Waals surface area contributed by atoms with Crippen molar-refractivity contribution in [1.29, 1.82) is 5.26 Å². The molecule has 1 atom stereocenters. The molecule has 9 heteroatoms. The molecule has 2 fully saturated rings. The second-order valence-corrected chi connectivity index (χ2v) is 6.60. The van der Waals surface area contributed by atoms with Crippen molar-refractivity contribution >= 4 is 29.3 Å². The Kier molecular flexibility index (Phi) is 4.04. The number of hydrogen-bond acceptors (Lipinski definition) is 6. The molecule has 9 nitrogen and oxygen atoms in total. The Morgan fingerprint density at radius 1 is 1.25 bits per heavy atom. The van der Waals surface area contributed by atoms with Crippen LogP contribution in [0.1, 0.15) is 28.9 Å². The summed E-state index contributed by atoms with van der Waals surface area (Å²) in [5.74, 6) is -0.893. The number of aromatic nitrogens is 1. The molecule has 1 unspecified atom stereocenters. The van der Waals surface area contributed by atoms with Gasteiger partial charge in [-0.25, -0.2) is 14.5 Å². The minimum absolute atomic E-state index is 0.0314. The quantitative estimate of drug-likeness (QED) is 0.639. The Balaban J connectivity index is 1.70. The van der Waals surface area contributed by atoms with Gasteiger partial charge in [-0.2, -0.15) is 5.26 Å². The molecule has 1 aromatic carbocycles. The van der Waals surface area contributed by atoms with E-state index in [2.05, 4.69) is 0 Å². The van der Waals surface area contributed by atoms with E-state index in [-0.39, 0.29) is 34.9 Å². The van der Waals surface area contributed by atoms with E-state index < -0.39 is 5.97 Å². The van der Waals surface area contributed by atoms with Crippen molar-refractivity contribution in [2.75, 3.05) is 24.3 Å². The zero-order valence-electron chi connectivity index (χ0n) is 15.1. The van der Waals surface area contributed by atoms with Gasteiger partial charge in [0.15, 0.2) is 5.69 Å². The predicted octanol–water partition coefficient (Wildman–Crippen LogP) is 1.65.